The van der Waals surface area contributed by atoms with Crippen molar-refractivity contribution < 1.29 is 4.79 Å². The molecular weight excluding hydrogens is 367 g/mol. The van der Waals surface area contributed by atoms with Gasteiger partial charge < -0.3 is 4.90 Å². The lowest BCUT2D eigenvalue weighted by Gasteiger charge is -2.36. The van der Waals surface area contributed by atoms with Gasteiger partial charge in [0.2, 0.25) is 5.91 Å². The SMILES string of the molecule is CN(C)C(=O)C1CC(c2ccc(CN3CCCC3)c(Cl)c2Cl)C1.Cl. The summed E-state index contributed by atoms with van der Waals surface area (Å²) < 4.78 is 0. The van der Waals surface area contributed by atoms with Crippen LogP contribution in [0.5, 0.6) is 0 Å². The van der Waals surface area contributed by atoms with E-state index in [9.17, 15) is 4.79 Å². The van der Waals surface area contributed by atoms with Crippen LogP contribution in [0.3, 0.4) is 0 Å². The van der Waals surface area contributed by atoms with Crippen molar-refractivity contribution in [2.45, 2.75) is 38.1 Å². The standard InChI is InChI=1S/C18H24Cl2N2O.ClH/c1-21(2)18(23)14-9-13(10-14)15-6-5-12(16(19)17(15)20)11-22-7-3-4-8-22;/h5-6,13-14H,3-4,7-11H2,1-2H3;1H. The van der Waals surface area contributed by atoms with E-state index in [4.69, 9.17) is 23.2 Å². The molecule has 1 saturated heterocycles. The lowest BCUT2D eigenvalue weighted by Crippen LogP contribution is -2.37. The molecule has 2 fully saturated rings. The van der Waals surface area contributed by atoms with Crippen LogP contribution < -0.4 is 0 Å². The molecule has 0 radical (unpaired) electrons. The van der Waals surface area contributed by atoms with Crippen molar-refractivity contribution in [3.05, 3.63) is 33.3 Å². The highest BCUT2D eigenvalue weighted by molar-refractivity contribution is 6.43. The Balaban J connectivity index is 0.00000208. The van der Waals surface area contributed by atoms with E-state index >= 15 is 0 Å². The van der Waals surface area contributed by atoms with Crippen molar-refractivity contribution in [1.29, 1.82) is 0 Å². The zero-order valence-corrected chi connectivity index (χ0v) is 16.6. The van der Waals surface area contributed by atoms with E-state index in [0.29, 0.717) is 16.0 Å². The molecule has 1 saturated carbocycles. The fourth-order valence-corrected chi connectivity index (χ4v) is 4.23. The Morgan fingerprint density at radius 3 is 2.38 bits per heavy atom. The molecule has 0 N–H and O–H groups in total. The molecule has 1 aliphatic carbocycles. The van der Waals surface area contributed by atoms with Crippen LogP contribution in [0.15, 0.2) is 12.1 Å². The van der Waals surface area contributed by atoms with Gasteiger partial charge in [0.05, 0.1) is 10.0 Å². The van der Waals surface area contributed by atoms with Crippen molar-refractivity contribution in [3.8, 4) is 0 Å². The number of benzene rings is 1. The van der Waals surface area contributed by atoms with Crippen LogP contribution in [0, 0.1) is 5.92 Å². The largest absolute Gasteiger partial charge is 0.349 e. The van der Waals surface area contributed by atoms with Crippen molar-refractivity contribution in [3.63, 3.8) is 0 Å². The molecule has 1 aromatic rings. The maximum atomic E-state index is 12.0. The summed E-state index contributed by atoms with van der Waals surface area (Å²) >= 11 is 13.1. The van der Waals surface area contributed by atoms with Crippen molar-refractivity contribution >= 4 is 41.5 Å². The number of carbonyl (C=O) groups is 1. The van der Waals surface area contributed by atoms with Crippen LogP contribution in [0.4, 0.5) is 0 Å². The Bertz CT molecular complexity index is 594. The number of halogens is 3. The highest BCUT2D eigenvalue weighted by Gasteiger charge is 2.37. The van der Waals surface area contributed by atoms with Gasteiger partial charge in [-0.2, -0.15) is 0 Å². The van der Waals surface area contributed by atoms with Crippen molar-refractivity contribution in [1.82, 2.24) is 9.80 Å². The van der Waals surface area contributed by atoms with E-state index in [0.717, 1.165) is 43.6 Å². The number of likely N-dealkylation sites (tertiary alicyclic amines) is 1. The number of hydrogen-bond acceptors (Lipinski definition) is 2. The first-order valence-electron chi connectivity index (χ1n) is 8.37. The highest BCUT2D eigenvalue weighted by atomic mass is 35.5. The summed E-state index contributed by atoms with van der Waals surface area (Å²) in [6, 6.07) is 4.23. The molecule has 0 spiro atoms. The van der Waals surface area contributed by atoms with Gasteiger partial charge in [0.25, 0.3) is 0 Å². The van der Waals surface area contributed by atoms with E-state index in [1.807, 2.05) is 14.1 Å². The smallest absolute Gasteiger partial charge is 0.225 e. The van der Waals surface area contributed by atoms with E-state index in [-0.39, 0.29) is 24.2 Å². The molecule has 1 amide bonds. The topological polar surface area (TPSA) is 23.6 Å². The third-order valence-electron chi connectivity index (χ3n) is 5.15. The van der Waals surface area contributed by atoms with E-state index in [1.165, 1.54) is 12.8 Å². The lowest BCUT2D eigenvalue weighted by atomic mass is 9.70. The molecule has 3 nitrogen and oxygen atoms in total. The Labute approximate surface area is 160 Å². The van der Waals surface area contributed by atoms with Crippen LogP contribution >= 0.6 is 35.6 Å². The predicted octanol–water partition coefficient (Wildman–Crippen LogP) is 4.59. The maximum absolute atomic E-state index is 12.0. The summed E-state index contributed by atoms with van der Waals surface area (Å²) in [4.78, 5) is 16.1. The molecule has 3 rings (SSSR count). The van der Waals surface area contributed by atoms with Gasteiger partial charge in [-0.15, -0.1) is 12.4 Å². The second kappa shape index (κ2) is 8.27. The molecule has 0 unspecified atom stereocenters. The quantitative estimate of drug-likeness (QED) is 0.749. The zero-order chi connectivity index (χ0) is 16.6. The average Bonchev–Trinajstić information content (AvgIpc) is 2.97. The minimum Gasteiger partial charge on any atom is -0.349 e. The number of carbonyl (C=O) groups excluding carboxylic acids is 1. The van der Waals surface area contributed by atoms with Gasteiger partial charge in [0.1, 0.15) is 0 Å². The Hall–Kier alpha value is -0.480. The summed E-state index contributed by atoms with van der Waals surface area (Å²) in [5.41, 5.74) is 2.22. The number of nitrogens with zero attached hydrogens (tertiary/aromatic N) is 2. The van der Waals surface area contributed by atoms with Crippen molar-refractivity contribution in [2.24, 2.45) is 5.92 Å². The summed E-state index contributed by atoms with van der Waals surface area (Å²) in [6.45, 7) is 3.17. The van der Waals surface area contributed by atoms with E-state index in [2.05, 4.69) is 17.0 Å². The van der Waals surface area contributed by atoms with Crippen LogP contribution in [-0.2, 0) is 11.3 Å². The lowest BCUT2D eigenvalue weighted by molar-refractivity contribution is -0.136. The third kappa shape index (κ3) is 4.01. The van der Waals surface area contributed by atoms with E-state index in [1.54, 1.807) is 4.90 Å². The van der Waals surface area contributed by atoms with Gasteiger partial charge in [-0.25, -0.2) is 0 Å². The zero-order valence-electron chi connectivity index (χ0n) is 14.2. The second-order valence-electron chi connectivity index (χ2n) is 7.02. The Kier molecular flexibility index (Phi) is 6.83. The molecule has 0 aromatic heterocycles. The van der Waals surface area contributed by atoms with Gasteiger partial charge in [0, 0.05) is 26.6 Å². The van der Waals surface area contributed by atoms with Gasteiger partial charge in [-0.3, -0.25) is 9.69 Å². The number of amides is 1. The first-order valence-corrected chi connectivity index (χ1v) is 9.13. The molecule has 1 aliphatic heterocycles. The van der Waals surface area contributed by atoms with Gasteiger partial charge in [0.15, 0.2) is 0 Å². The summed E-state index contributed by atoms with van der Waals surface area (Å²) in [5, 5.41) is 1.38. The molecule has 0 bridgehead atoms. The number of rotatable bonds is 4. The summed E-state index contributed by atoms with van der Waals surface area (Å²) in [6.07, 6.45) is 4.29. The average molecular weight is 392 g/mol. The first kappa shape index (κ1) is 19.8. The molecular formula is C18H25Cl3N2O. The second-order valence-corrected chi connectivity index (χ2v) is 7.78. The highest BCUT2D eigenvalue weighted by Crippen LogP contribution is 2.46. The maximum Gasteiger partial charge on any atom is 0.225 e. The van der Waals surface area contributed by atoms with Gasteiger partial charge in [-0.1, -0.05) is 35.3 Å². The first-order chi connectivity index (χ1) is 11.0. The fraction of sp³-hybridized carbons (Fsp3) is 0.611. The van der Waals surface area contributed by atoms with Crippen LogP contribution in [0.25, 0.3) is 0 Å². The minimum absolute atomic E-state index is 0. The molecule has 6 heteroatoms. The molecule has 24 heavy (non-hydrogen) atoms. The normalized spacial score (nSPS) is 23.5. The molecule has 134 valence electrons. The molecule has 1 heterocycles. The monoisotopic (exact) mass is 390 g/mol. The van der Waals surface area contributed by atoms with Crippen LogP contribution in [-0.4, -0.2) is 42.9 Å². The summed E-state index contributed by atoms with van der Waals surface area (Å²) in [5.74, 6) is 0.706. The third-order valence-corrected chi connectivity index (χ3v) is 6.09. The van der Waals surface area contributed by atoms with Gasteiger partial charge in [-0.05, 0) is 55.8 Å². The molecule has 2 aliphatic rings. The molecule has 0 atom stereocenters. The Morgan fingerprint density at radius 2 is 1.79 bits per heavy atom. The Morgan fingerprint density at radius 1 is 1.17 bits per heavy atom. The number of hydrogen-bond donors (Lipinski definition) is 0. The van der Waals surface area contributed by atoms with Gasteiger partial charge >= 0.3 is 0 Å². The molecule has 1 aromatic carbocycles. The van der Waals surface area contributed by atoms with E-state index < -0.39 is 0 Å². The minimum atomic E-state index is 0. The fourth-order valence-electron chi connectivity index (χ4n) is 3.66. The summed E-state index contributed by atoms with van der Waals surface area (Å²) in [7, 11) is 3.62. The predicted molar refractivity (Wildman–Crippen MR) is 102 cm³/mol. The van der Waals surface area contributed by atoms with Crippen LogP contribution in [0.2, 0.25) is 10.0 Å². The van der Waals surface area contributed by atoms with Crippen molar-refractivity contribution in [2.75, 3.05) is 27.2 Å². The van der Waals surface area contributed by atoms with Crippen LogP contribution in [0.1, 0.15) is 42.7 Å².